The average Bonchev–Trinajstić information content (AvgIpc) is 2.40. The van der Waals surface area contributed by atoms with Gasteiger partial charge in [0.05, 0.1) is 16.4 Å². The van der Waals surface area contributed by atoms with Crippen molar-refractivity contribution >= 4 is 16.6 Å². The predicted octanol–water partition coefficient (Wildman–Crippen LogP) is 1.88. The Labute approximate surface area is 108 Å². The molecule has 6 nitrogen and oxygen atoms in total. The lowest BCUT2D eigenvalue weighted by Gasteiger charge is -2.09. The molecule has 0 atom stereocenters. The van der Waals surface area contributed by atoms with Gasteiger partial charge in [-0.15, -0.1) is 0 Å². The van der Waals surface area contributed by atoms with E-state index in [1.54, 1.807) is 13.1 Å². The van der Waals surface area contributed by atoms with Crippen LogP contribution >= 0.6 is 0 Å². The standard InChI is InChI=1S/C12H12FN3O3/c1-14-5-6-19-12-9(13)7-10(16(17)18)8-3-2-4-15-11(8)12/h2-4,7,14H,5-6H2,1H3. The molecule has 0 unspecified atom stereocenters. The van der Waals surface area contributed by atoms with Gasteiger partial charge in [0, 0.05) is 12.7 Å². The summed E-state index contributed by atoms with van der Waals surface area (Å²) in [6.45, 7) is 0.779. The van der Waals surface area contributed by atoms with E-state index in [0.29, 0.717) is 6.54 Å². The number of non-ortho nitro benzene ring substituents is 1. The van der Waals surface area contributed by atoms with Crippen molar-refractivity contribution in [2.75, 3.05) is 20.2 Å². The molecule has 0 saturated carbocycles. The highest BCUT2D eigenvalue weighted by molar-refractivity contribution is 5.92. The summed E-state index contributed by atoms with van der Waals surface area (Å²) < 4.78 is 19.2. The lowest BCUT2D eigenvalue weighted by atomic mass is 10.1. The Morgan fingerprint density at radius 3 is 3.05 bits per heavy atom. The van der Waals surface area contributed by atoms with E-state index < -0.39 is 10.7 Å². The second-order valence-electron chi connectivity index (χ2n) is 3.82. The summed E-state index contributed by atoms with van der Waals surface area (Å²) in [7, 11) is 1.74. The number of hydrogen-bond donors (Lipinski definition) is 1. The summed E-state index contributed by atoms with van der Waals surface area (Å²) in [5.41, 5.74) is -0.160. The van der Waals surface area contributed by atoms with E-state index >= 15 is 0 Å². The third-order valence-electron chi connectivity index (χ3n) is 2.57. The molecule has 0 fully saturated rings. The quantitative estimate of drug-likeness (QED) is 0.507. The van der Waals surface area contributed by atoms with Crippen LogP contribution in [0.15, 0.2) is 24.4 Å². The van der Waals surface area contributed by atoms with Gasteiger partial charge in [-0.25, -0.2) is 4.39 Å². The van der Waals surface area contributed by atoms with Crippen molar-refractivity contribution in [3.63, 3.8) is 0 Å². The van der Waals surface area contributed by atoms with Crippen LogP contribution < -0.4 is 10.1 Å². The zero-order valence-electron chi connectivity index (χ0n) is 10.2. The highest BCUT2D eigenvalue weighted by Crippen LogP contribution is 2.34. The maximum absolute atomic E-state index is 13.9. The molecule has 0 aliphatic rings. The van der Waals surface area contributed by atoms with Gasteiger partial charge in [-0.05, 0) is 19.2 Å². The number of fused-ring (bicyclic) bond motifs is 1. The highest BCUT2D eigenvalue weighted by Gasteiger charge is 2.20. The normalized spacial score (nSPS) is 10.6. The summed E-state index contributed by atoms with van der Waals surface area (Å²) >= 11 is 0. The van der Waals surface area contributed by atoms with Gasteiger partial charge in [-0.2, -0.15) is 0 Å². The second-order valence-corrected chi connectivity index (χ2v) is 3.82. The van der Waals surface area contributed by atoms with Crippen molar-refractivity contribution in [1.82, 2.24) is 10.3 Å². The molecule has 1 aromatic heterocycles. The molecule has 7 heteroatoms. The molecule has 19 heavy (non-hydrogen) atoms. The summed E-state index contributed by atoms with van der Waals surface area (Å²) in [5.74, 6) is -0.842. The van der Waals surface area contributed by atoms with Crippen LogP contribution in [0.2, 0.25) is 0 Å². The number of halogens is 1. The molecule has 1 N–H and O–H groups in total. The Morgan fingerprint density at radius 2 is 2.37 bits per heavy atom. The minimum atomic E-state index is -0.783. The van der Waals surface area contributed by atoms with Crippen molar-refractivity contribution < 1.29 is 14.1 Å². The molecule has 2 rings (SSSR count). The number of pyridine rings is 1. The first-order valence-electron chi connectivity index (χ1n) is 5.64. The number of nitrogens with one attached hydrogen (secondary N) is 1. The first-order valence-corrected chi connectivity index (χ1v) is 5.64. The molecule has 0 radical (unpaired) electrons. The number of hydrogen-bond acceptors (Lipinski definition) is 5. The Hall–Kier alpha value is -2.28. The number of ether oxygens (including phenoxy) is 1. The first-order chi connectivity index (χ1) is 9.15. The zero-order chi connectivity index (χ0) is 13.8. The van der Waals surface area contributed by atoms with Gasteiger partial charge in [0.1, 0.15) is 12.1 Å². The van der Waals surface area contributed by atoms with Crippen molar-refractivity contribution in [3.8, 4) is 5.75 Å². The molecule has 1 heterocycles. The van der Waals surface area contributed by atoms with E-state index in [1.165, 1.54) is 12.3 Å². The zero-order valence-corrected chi connectivity index (χ0v) is 10.2. The fraction of sp³-hybridized carbons (Fsp3) is 0.250. The van der Waals surface area contributed by atoms with Crippen molar-refractivity contribution in [3.05, 3.63) is 40.3 Å². The molecule has 0 aliphatic carbocycles. The van der Waals surface area contributed by atoms with E-state index in [2.05, 4.69) is 10.3 Å². The van der Waals surface area contributed by atoms with Gasteiger partial charge in [0.2, 0.25) is 0 Å². The average molecular weight is 265 g/mol. The van der Waals surface area contributed by atoms with Gasteiger partial charge in [0.25, 0.3) is 5.69 Å². The van der Waals surface area contributed by atoms with Gasteiger partial charge in [-0.3, -0.25) is 15.1 Å². The third kappa shape index (κ3) is 2.60. The number of likely N-dealkylation sites (N-methyl/N-ethyl adjacent to an activating group) is 1. The van der Waals surface area contributed by atoms with Crippen LogP contribution in [0.4, 0.5) is 10.1 Å². The Morgan fingerprint density at radius 1 is 1.58 bits per heavy atom. The van der Waals surface area contributed by atoms with Crippen LogP contribution in [0, 0.1) is 15.9 Å². The van der Waals surface area contributed by atoms with Gasteiger partial charge in [-0.1, -0.05) is 0 Å². The predicted molar refractivity (Wildman–Crippen MR) is 67.8 cm³/mol. The smallest absolute Gasteiger partial charge is 0.281 e. The fourth-order valence-corrected chi connectivity index (χ4v) is 1.71. The topological polar surface area (TPSA) is 77.3 Å². The summed E-state index contributed by atoms with van der Waals surface area (Å²) in [5, 5.41) is 14.0. The molecule has 100 valence electrons. The summed E-state index contributed by atoms with van der Waals surface area (Å²) in [6.07, 6.45) is 1.44. The van der Waals surface area contributed by atoms with Crippen LogP contribution in [-0.2, 0) is 0 Å². The number of aromatic nitrogens is 1. The minimum Gasteiger partial charge on any atom is -0.487 e. The van der Waals surface area contributed by atoms with Gasteiger partial charge < -0.3 is 10.1 Å². The van der Waals surface area contributed by atoms with Crippen LogP contribution in [0.5, 0.6) is 5.75 Å². The van der Waals surface area contributed by atoms with Crippen LogP contribution in [-0.4, -0.2) is 30.1 Å². The van der Waals surface area contributed by atoms with E-state index in [9.17, 15) is 14.5 Å². The van der Waals surface area contributed by atoms with E-state index in [1.807, 2.05) is 0 Å². The minimum absolute atomic E-state index is 0.0588. The van der Waals surface area contributed by atoms with Crippen molar-refractivity contribution in [2.45, 2.75) is 0 Å². The first kappa shape index (κ1) is 13.2. The number of nitrogens with zero attached hydrogens (tertiary/aromatic N) is 2. The SMILES string of the molecule is CNCCOc1c(F)cc([N+](=O)[O-])c2cccnc12. The largest absolute Gasteiger partial charge is 0.487 e. The van der Waals surface area contributed by atoms with Gasteiger partial charge in [0.15, 0.2) is 11.6 Å². The molecular formula is C12H12FN3O3. The van der Waals surface area contributed by atoms with E-state index in [-0.39, 0.29) is 28.9 Å². The molecule has 0 spiro atoms. The maximum Gasteiger partial charge on any atom is 0.281 e. The van der Waals surface area contributed by atoms with E-state index in [4.69, 9.17) is 4.74 Å². The second kappa shape index (κ2) is 5.57. The fourth-order valence-electron chi connectivity index (χ4n) is 1.71. The lowest BCUT2D eigenvalue weighted by Crippen LogP contribution is -2.16. The maximum atomic E-state index is 13.9. The van der Waals surface area contributed by atoms with Crippen LogP contribution in [0.1, 0.15) is 0 Å². The molecule has 0 aliphatic heterocycles. The van der Waals surface area contributed by atoms with Gasteiger partial charge >= 0.3 is 0 Å². The Kier molecular flexibility index (Phi) is 3.86. The number of benzene rings is 1. The number of rotatable bonds is 5. The molecule has 0 saturated heterocycles. The molecule has 1 aromatic carbocycles. The van der Waals surface area contributed by atoms with E-state index in [0.717, 1.165) is 6.07 Å². The van der Waals surface area contributed by atoms with Crippen molar-refractivity contribution in [1.29, 1.82) is 0 Å². The number of nitro benzene ring substituents is 1. The molecular weight excluding hydrogens is 253 g/mol. The van der Waals surface area contributed by atoms with Crippen LogP contribution in [0.25, 0.3) is 10.9 Å². The number of nitro groups is 1. The Bertz CT molecular complexity index is 618. The lowest BCUT2D eigenvalue weighted by molar-refractivity contribution is -0.383. The summed E-state index contributed by atoms with van der Waals surface area (Å²) in [6, 6.07) is 3.94. The van der Waals surface area contributed by atoms with Crippen molar-refractivity contribution in [2.24, 2.45) is 0 Å². The third-order valence-corrected chi connectivity index (χ3v) is 2.57. The monoisotopic (exact) mass is 265 g/mol. The highest BCUT2D eigenvalue weighted by atomic mass is 19.1. The molecule has 2 aromatic rings. The Balaban J connectivity index is 2.55. The molecule has 0 amide bonds. The molecule has 0 bridgehead atoms. The van der Waals surface area contributed by atoms with Crippen LogP contribution in [0.3, 0.4) is 0 Å². The summed E-state index contributed by atoms with van der Waals surface area (Å²) in [4.78, 5) is 14.2.